The highest BCUT2D eigenvalue weighted by molar-refractivity contribution is 9.09. The molecule has 0 bridgehead atoms. The molecule has 0 aliphatic heterocycles. The van der Waals surface area contributed by atoms with Crippen LogP contribution < -0.4 is 0 Å². The molecule has 3 heteroatoms. The third-order valence-corrected chi connectivity index (χ3v) is 2.71. The molecule has 1 aliphatic rings. The van der Waals surface area contributed by atoms with Crippen LogP contribution in [0.25, 0.3) is 0 Å². The zero-order chi connectivity index (χ0) is 7.40. The van der Waals surface area contributed by atoms with E-state index in [-0.39, 0.29) is 6.10 Å². The van der Waals surface area contributed by atoms with E-state index in [0.717, 1.165) is 11.8 Å². The quantitative estimate of drug-likeness (QED) is 0.328. The third kappa shape index (κ3) is 2.29. The average molecular weight is 223 g/mol. The number of alkyl halides is 1. The molecule has 0 radical (unpaired) electrons. The first-order valence-electron chi connectivity index (χ1n) is 3.42. The maximum Gasteiger partial charge on any atom is 0.0902 e. The van der Waals surface area contributed by atoms with E-state index < -0.39 is 0 Å². The number of hydrogen-bond donors (Lipinski definition) is 1. The van der Waals surface area contributed by atoms with Gasteiger partial charge in [0.15, 0.2) is 0 Å². The van der Waals surface area contributed by atoms with E-state index in [1.54, 1.807) is 0 Å². The Labute approximate surface area is 75.6 Å². The predicted octanol–water partition coefficient (Wildman–Crippen LogP) is 2.72. The summed E-state index contributed by atoms with van der Waals surface area (Å²) in [6.07, 6.45) is 5.94. The van der Waals surface area contributed by atoms with E-state index in [1.807, 2.05) is 0 Å². The molecule has 1 unspecified atom stereocenters. The van der Waals surface area contributed by atoms with Crippen LogP contribution in [0.3, 0.4) is 0 Å². The van der Waals surface area contributed by atoms with Crippen molar-refractivity contribution in [2.45, 2.75) is 25.4 Å². The lowest BCUT2D eigenvalue weighted by atomic mass is 9.99. The van der Waals surface area contributed by atoms with Gasteiger partial charge in [-0.3, -0.25) is 0 Å². The summed E-state index contributed by atoms with van der Waals surface area (Å²) in [6, 6.07) is 0. The molecular weight excluding hydrogens is 212 g/mol. The van der Waals surface area contributed by atoms with Gasteiger partial charge in [0.2, 0.25) is 0 Å². The van der Waals surface area contributed by atoms with Gasteiger partial charge in [-0.25, -0.2) is 0 Å². The van der Waals surface area contributed by atoms with E-state index >= 15 is 0 Å². The van der Waals surface area contributed by atoms with E-state index in [2.05, 4.69) is 34.9 Å². The van der Waals surface area contributed by atoms with Crippen LogP contribution in [0.5, 0.6) is 0 Å². The normalized spacial score (nSPS) is 26.2. The molecule has 58 valence electrons. The van der Waals surface area contributed by atoms with Gasteiger partial charge in [-0.1, -0.05) is 27.6 Å². The third-order valence-electron chi connectivity index (χ3n) is 1.72. The van der Waals surface area contributed by atoms with Gasteiger partial charge in [0, 0.05) is 5.33 Å². The van der Waals surface area contributed by atoms with Gasteiger partial charge in [0.1, 0.15) is 0 Å². The molecule has 0 aromatic heterocycles. The van der Waals surface area contributed by atoms with Crippen molar-refractivity contribution in [1.82, 2.24) is 0 Å². The Morgan fingerprint density at radius 1 is 1.80 bits per heavy atom. The molecule has 1 aliphatic carbocycles. The monoisotopic (exact) mass is 222 g/mol. The largest absolute Gasteiger partial charge is 0.311 e. The topological polar surface area (TPSA) is 9.23 Å². The Kier molecular flexibility index (Phi) is 3.81. The van der Waals surface area contributed by atoms with Gasteiger partial charge in [0.05, 0.1) is 6.10 Å². The fraction of sp³-hybridized carbons (Fsp3) is 0.714. The molecule has 0 spiro atoms. The van der Waals surface area contributed by atoms with E-state index in [9.17, 15) is 0 Å². The van der Waals surface area contributed by atoms with Crippen molar-refractivity contribution in [2.24, 2.45) is 0 Å². The van der Waals surface area contributed by atoms with Gasteiger partial charge in [-0.2, -0.15) is 0 Å². The van der Waals surface area contributed by atoms with E-state index in [0.29, 0.717) is 0 Å². The lowest BCUT2D eigenvalue weighted by Gasteiger charge is -2.17. The summed E-state index contributed by atoms with van der Waals surface area (Å²) in [4.78, 5) is 0. The zero-order valence-electron chi connectivity index (χ0n) is 5.72. The van der Waals surface area contributed by atoms with Crippen molar-refractivity contribution < 1.29 is 4.18 Å². The smallest absolute Gasteiger partial charge is 0.0902 e. The molecule has 0 aromatic carbocycles. The van der Waals surface area contributed by atoms with Crippen molar-refractivity contribution in [3.8, 4) is 0 Å². The molecular formula is C7H11BrOS. The molecule has 1 rings (SSSR count). The minimum atomic E-state index is 0.240. The minimum absolute atomic E-state index is 0.240. The summed E-state index contributed by atoms with van der Waals surface area (Å²) in [5.41, 5.74) is 1.44. The second-order valence-corrected chi connectivity index (χ2v) is 3.27. The van der Waals surface area contributed by atoms with Crippen molar-refractivity contribution >= 4 is 28.8 Å². The summed E-state index contributed by atoms with van der Waals surface area (Å²) < 4.78 is 4.92. The van der Waals surface area contributed by atoms with Crippen molar-refractivity contribution in [1.29, 1.82) is 0 Å². The van der Waals surface area contributed by atoms with Gasteiger partial charge < -0.3 is 4.18 Å². The summed E-state index contributed by atoms with van der Waals surface area (Å²) >= 11 is 7.20. The Morgan fingerprint density at radius 2 is 2.60 bits per heavy atom. The lowest BCUT2D eigenvalue weighted by molar-refractivity contribution is 0.275. The molecule has 0 aromatic rings. The van der Waals surface area contributed by atoms with Gasteiger partial charge in [-0.05, 0) is 32.2 Å². The van der Waals surface area contributed by atoms with Crippen LogP contribution in [0.2, 0.25) is 0 Å². The number of allylic oxidation sites excluding steroid dienone is 1. The highest BCUT2D eigenvalue weighted by atomic mass is 79.9. The number of halogens is 1. The number of thiol groups is 1. The summed E-state index contributed by atoms with van der Waals surface area (Å²) in [6.45, 7) is 0. The van der Waals surface area contributed by atoms with E-state index in [4.69, 9.17) is 4.18 Å². The van der Waals surface area contributed by atoms with Crippen LogP contribution in [0.4, 0.5) is 0 Å². The average Bonchev–Trinajstić information content (AvgIpc) is 2.05. The number of rotatable bonds is 2. The predicted molar refractivity (Wildman–Crippen MR) is 49.6 cm³/mol. The lowest BCUT2D eigenvalue weighted by Crippen LogP contribution is -2.10. The fourth-order valence-electron chi connectivity index (χ4n) is 1.15. The van der Waals surface area contributed by atoms with Crippen LogP contribution in [-0.4, -0.2) is 11.4 Å². The number of hydrogen-bond acceptors (Lipinski definition) is 2. The Hall–Kier alpha value is 0.530. The van der Waals surface area contributed by atoms with Crippen LogP contribution in [0.15, 0.2) is 11.6 Å². The molecule has 0 saturated heterocycles. The first-order valence-corrected chi connectivity index (χ1v) is 4.91. The van der Waals surface area contributed by atoms with Crippen LogP contribution in [0.1, 0.15) is 19.3 Å². The van der Waals surface area contributed by atoms with Crippen LogP contribution in [0, 0.1) is 0 Å². The first-order chi connectivity index (χ1) is 4.86. The van der Waals surface area contributed by atoms with Gasteiger partial charge in [-0.15, -0.1) is 0 Å². The standard InChI is InChI=1S/C7H11BrOS/c8-5-6-2-1-3-7(4-6)9-10/h4,7,10H,1-3,5H2. The molecule has 1 atom stereocenters. The fourth-order valence-corrected chi connectivity index (χ4v) is 1.79. The molecule has 10 heavy (non-hydrogen) atoms. The Bertz CT molecular complexity index is 136. The second-order valence-electron chi connectivity index (χ2n) is 2.49. The molecule has 0 N–H and O–H groups in total. The highest BCUT2D eigenvalue weighted by Crippen LogP contribution is 2.21. The van der Waals surface area contributed by atoms with E-state index in [1.165, 1.54) is 18.4 Å². The first kappa shape index (κ1) is 8.62. The maximum absolute atomic E-state index is 4.92. The SMILES string of the molecule is SOC1C=C(CBr)CCC1. The molecule has 0 saturated carbocycles. The summed E-state index contributed by atoms with van der Waals surface area (Å²) in [5, 5.41) is 0.973. The van der Waals surface area contributed by atoms with Crippen LogP contribution >= 0.6 is 28.8 Å². The van der Waals surface area contributed by atoms with Crippen molar-refractivity contribution in [3.05, 3.63) is 11.6 Å². The maximum atomic E-state index is 4.92. The Morgan fingerprint density at radius 3 is 3.20 bits per heavy atom. The zero-order valence-corrected chi connectivity index (χ0v) is 8.20. The minimum Gasteiger partial charge on any atom is -0.311 e. The van der Waals surface area contributed by atoms with Gasteiger partial charge in [0.25, 0.3) is 0 Å². The Balaban J connectivity index is 2.48. The van der Waals surface area contributed by atoms with Crippen molar-refractivity contribution in [3.63, 3.8) is 0 Å². The van der Waals surface area contributed by atoms with Crippen LogP contribution in [-0.2, 0) is 4.18 Å². The second kappa shape index (κ2) is 4.42. The highest BCUT2D eigenvalue weighted by Gasteiger charge is 2.11. The summed E-state index contributed by atoms with van der Waals surface area (Å²) in [7, 11) is 0. The molecule has 0 heterocycles. The molecule has 0 fully saturated rings. The van der Waals surface area contributed by atoms with Gasteiger partial charge >= 0.3 is 0 Å². The molecule has 0 amide bonds. The van der Waals surface area contributed by atoms with Crippen molar-refractivity contribution in [2.75, 3.05) is 5.33 Å². The summed E-state index contributed by atoms with van der Waals surface area (Å²) in [5.74, 6) is 0. The molecule has 1 nitrogen and oxygen atoms in total.